The maximum Gasteiger partial charge on any atom is 0.291 e. The quantitative estimate of drug-likeness (QED) is 0.361. The molecule has 0 aliphatic rings. The Hall–Kier alpha value is -4.59. The van der Waals surface area contributed by atoms with Gasteiger partial charge < -0.3 is 15.6 Å². The number of nitrogens with one attached hydrogen (secondary N) is 2. The van der Waals surface area contributed by atoms with Crippen LogP contribution in [0, 0.1) is 0 Å². The van der Waals surface area contributed by atoms with Crippen LogP contribution < -0.4 is 16.6 Å². The summed E-state index contributed by atoms with van der Waals surface area (Å²) < 4.78 is 3.45. The van der Waals surface area contributed by atoms with Gasteiger partial charge in [-0.1, -0.05) is 24.3 Å². The number of aromatic nitrogens is 5. The fourth-order valence-corrected chi connectivity index (χ4v) is 4.46. The summed E-state index contributed by atoms with van der Waals surface area (Å²) in [5, 5.41) is 17.8. The highest BCUT2D eigenvalue weighted by atomic mass is 16.1. The van der Waals surface area contributed by atoms with Gasteiger partial charge in [-0.2, -0.15) is 10.2 Å². The third-order valence-corrected chi connectivity index (χ3v) is 6.07. The first-order chi connectivity index (χ1) is 16.1. The summed E-state index contributed by atoms with van der Waals surface area (Å²) in [4.78, 5) is 13.4. The summed E-state index contributed by atoms with van der Waals surface area (Å²) in [6.07, 6.45) is 3.56. The minimum atomic E-state index is -0.128. The van der Waals surface area contributed by atoms with Crippen molar-refractivity contribution in [3.8, 4) is 0 Å². The molecular formula is C25H21N7O. The molecule has 6 rings (SSSR count). The van der Waals surface area contributed by atoms with Crippen LogP contribution in [0.15, 0.2) is 77.9 Å². The number of nitrogen functional groups attached to an aromatic ring is 1. The lowest BCUT2D eigenvalue weighted by Gasteiger charge is -2.08. The van der Waals surface area contributed by atoms with Crippen LogP contribution in [-0.4, -0.2) is 24.5 Å². The van der Waals surface area contributed by atoms with Crippen LogP contribution in [0.2, 0.25) is 0 Å². The number of hydrogen-bond donors (Lipinski definition) is 3. The van der Waals surface area contributed by atoms with Crippen molar-refractivity contribution in [2.75, 3.05) is 11.1 Å². The zero-order chi connectivity index (χ0) is 22.5. The van der Waals surface area contributed by atoms with Gasteiger partial charge >= 0.3 is 0 Å². The van der Waals surface area contributed by atoms with Crippen LogP contribution in [-0.2, 0) is 13.6 Å². The smallest absolute Gasteiger partial charge is 0.291 e. The molecule has 3 aromatic heterocycles. The Morgan fingerprint density at radius 3 is 2.70 bits per heavy atom. The number of anilines is 3. The molecule has 0 amide bonds. The van der Waals surface area contributed by atoms with E-state index in [0.29, 0.717) is 17.7 Å². The van der Waals surface area contributed by atoms with E-state index in [-0.39, 0.29) is 5.56 Å². The first kappa shape index (κ1) is 19.1. The maximum atomic E-state index is 13.4. The second-order valence-corrected chi connectivity index (χ2v) is 8.16. The molecule has 3 aromatic carbocycles. The monoisotopic (exact) mass is 435 g/mol. The van der Waals surface area contributed by atoms with Crippen molar-refractivity contribution in [1.29, 1.82) is 0 Å². The lowest BCUT2D eigenvalue weighted by molar-refractivity contribution is 0.647. The summed E-state index contributed by atoms with van der Waals surface area (Å²) in [5.74, 6) is 0. The standard InChI is InChI=1S/C25H21N7O/c1-31-23-11-18(29-17-6-3-5-16(26)10-17)8-9-19(23)21-13-28-32(25(33)24(21)31)14-15-4-2-7-22-20(15)12-27-30-22/h2-13,29H,14,26H2,1H3,(H,27,30). The number of nitrogens with zero attached hydrogens (tertiary/aromatic N) is 4. The Bertz CT molecular complexity index is 1720. The number of rotatable bonds is 4. The number of aromatic amines is 1. The van der Waals surface area contributed by atoms with Gasteiger partial charge in [-0.05, 0) is 42.0 Å². The molecule has 0 spiro atoms. The molecule has 3 heterocycles. The van der Waals surface area contributed by atoms with E-state index in [1.807, 2.05) is 72.3 Å². The van der Waals surface area contributed by atoms with Gasteiger partial charge in [-0.15, -0.1) is 0 Å². The average molecular weight is 435 g/mol. The van der Waals surface area contributed by atoms with Crippen LogP contribution in [0.5, 0.6) is 0 Å². The molecule has 162 valence electrons. The van der Waals surface area contributed by atoms with Crippen molar-refractivity contribution in [2.45, 2.75) is 6.54 Å². The number of aryl methyl sites for hydroxylation is 1. The van der Waals surface area contributed by atoms with Crippen LogP contribution in [0.4, 0.5) is 17.1 Å². The SMILES string of the molecule is Cn1c2cc(Nc3cccc(N)c3)ccc2c2cnn(Cc3cccc4[nH]ncc34)c(=O)c21. The van der Waals surface area contributed by atoms with E-state index in [9.17, 15) is 4.79 Å². The van der Waals surface area contributed by atoms with E-state index >= 15 is 0 Å². The van der Waals surface area contributed by atoms with Crippen LogP contribution in [0.1, 0.15) is 5.56 Å². The van der Waals surface area contributed by atoms with E-state index in [1.54, 1.807) is 12.4 Å². The zero-order valence-corrected chi connectivity index (χ0v) is 17.9. The first-order valence-corrected chi connectivity index (χ1v) is 10.6. The zero-order valence-electron chi connectivity index (χ0n) is 17.9. The topological polar surface area (TPSA) is 107 Å². The minimum Gasteiger partial charge on any atom is -0.399 e. The summed E-state index contributed by atoms with van der Waals surface area (Å²) >= 11 is 0. The molecule has 0 bridgehead atoms. The van der Waals surface area contributed by atoms with Crippen LogP contribution >= 0.6 is 0 Å². The van der Waals surface area contributed by atoms with Gasteiger partial charge in [0.25, 0.3) is 5.56 Å². The van der Waals surface area contributed by atoms with Gasteiger partial charge in [0.2, 0.25) is 0 Å². The van der Waals surface area contributed by atoms with Crippen molar-refractivity contribution in [1.82, 2.24) is 24.5 Å². The van der Waals surface area contributed by atoms with Crippen molar-refractivity contribution >= 4 is 49.8 Å². The number of H-pyrrole nitrogens is 1. The van der Waals surface area contributed by atoms with Crippen molar-refractivity contribution in [3.63, 3.8) is 0 Å². The van der Waals surface area contributed by atoms with E-state index in [0.717, 1.165) is 44.1 Å². The van der Waals surface area contributed by atoms with Gasteiger partial charge in [0.1, 0.15) is 5.52 Å². The molecular weight excluding hydrogens is 414 g/mol. The van der Waals surface area contributed by atoms with Gasteiger partial charge in [0.15, 0.2) is 0 Å². The van der Waals surface area contributed by atoms with E-state index < -0.39 is 0 Å². The number of benzene rings is 3. The lowest BCUT2D eigenvalue weighted by Crippen LogP contribution is -2.24. The Balaban J connectivity index is 1.44. The number of hydrogen-bond acceptors (Lipinski definition) is 5. The van der Waals surface area contributed by atoms with Gasteiger partial charge in [-0.3, -0.25) is 9.89 Å². The molecule has 0 unspecified atom stereocenters. The highest BCUT2D eigenvalue weighted by Gasteiger charge is 2.15. The summed E-state index contributed by atoms with van der Waals surface area (Å²) in [6, 6.07) is 19.6. The number of nitrogens with two attached hydrogens (primary N) is 1. The lowest BCUT2D eigenvalue weighted by atomic mass is 10.1. The molecule has 0 aliphatic heterocycles. The molecule has 0 saturated carbocycles. The Kier molecular flexibility index (Phi) is 4.19. The molecule has 0 radical (unpaired) electrons. The minimum absolute atomic E-state index is 0.128. The largest absolute Gasteiger partial charge is 0.399 e. The Morgan fingerprint density at radius 1 is 0.970 bits per heavy atom. The predicted octanol–water partition coefficient (Wildman–Crippen LogP) is 4.14. The van der Waals surface area contributed by atoms with Gasteiger partial charge in [0, 0.05) is 40.3 Å². The summed E-state index contributed by atoms with van der Waals surface area (Å²) in [7, 11) is 1.91. The van der Waals surface area contributed by atoms with Crippen molar-refractivity contribution < 1.29 is 0 Å². The second-order valence-electron chi connectivity index (χ2n) is 8.16. The average Bonchev–Trinajstić information content (AvgIpc) is 3.40. The molecule has 0 fully saturated rings. The number of fused-ring (bicyclic) bond motifs is 4. The highest BCUT2D eigenvalue weighted by molar-refractivity contribution is 6.08. The fraction of sp³-hybridized carbons (Fsp3) is 0.0800. The molecule has 4 N–H and O–H groups in total. The molecule has 6 aromatic rings. The molecule has 0 saturated heterocycles. The second kappa shape index (κ2) is 7.23. The Labute approximate surface area is 188 Å². The molecule has 0 atom stereocenters. The van der Waals surface area contributed by atoms with E-state index in [2.05, 4.69) is 20.6 Å². The van der Waals surface area contributed by atoms with Crippen LogP contribution in [0.25, 0.3) is 32.7 Å². The van der Waals surface area contributed by atoms with Crippen molar-refractivity contribution in [3.05, 3.63) is 89.0 Å². The van der Waals surface area contributed by atoms with E-state index in [1.165, 1.54) is 4.68 Å². The maximum absolute atomic E-state index is 13.4. The van der Waals surface area contributed by atoms with Gasteiger partial charge in [0.05, 0.1) is 30.0 Å². The van der Waals surface area contributed by atoms with Crippen LogP contribution in [0.3, 0.4) is 0 Å². The summed E-state index contributed by atoms with van der Waals surface area (Å²) in [5.41, 5.74) is 11.8. The highest BCUT2D eigenvalue weighted by Crippen LogP contribution is 2.29. The van der Waals surface area contributed by atoms with Gasteiger partial charge in [-0.25, -0.2) is 4.68 Å². The summed E-state index contributed by atoms with van der Waals surface area (Å²) in [6.45, 7) is 0.370. The molecule has 33 heavy (non-hydrogen) atoms. The normalized spacial score (nSPS) is 11.5. The molecule has 0 aliphatic carbocycles. The molecule has 8 nitrogen and oxygen atoms in total. The molecule has 8 heteroatoms. The first-order valence-electron chi connectivity index (χ1n) is 10.6. The van der Waals surface area contributed by atoms with E-state index in [4.69, 9.17) is 5.73 Å². The predicted molar refractivity (Wildman–Crippen MR) is 132 cm³/mol. The van der Waals surface area contributed by atoms with Crippen molar-refractivity contribution in [2.24, 2.45) is 7.05 Å². The third kappa shape index (κ3) is 3.11. The Morgan fingerprint density at radius 2 is 1.82 bits per heavy atom. The fourth-order valence-electron chi connectivity index (χ4n) is 4.46. The third-order valence-electron chi connectivity index (χ3n) is 6.07.